The van der Waals surface area contributed by atoms with Crippen LogP contribution in [0.1, 0.15) is 12.8 Å². The Kier molecular flexibility index (Phi) is 5.19. The highest BCUT2D eigenvalue weighted by atomic mass is 32.1. The van der Waals surface area contributed by atoms with Crippen LogP contribution in [0.3, 0.4) is 0 Å². The van der Waals surface area contributed by atoms with Crippen LogP contribution in [-0.2, 0) is 18.5 Å². The van der Waals surface area contributed by atoms with Crippen molar-refractivity contribution >= 4 is 18.1 Å². The first-order chi connectivity index (χ1) is 12.0. The van der Waals surface area contributed by atoms with E-state index in [1.54, 1.807) is 11.8 Å². The normalized spacial score (nSPS) is 15.0. The topological polar surface area (TPSA) is 65.5 Å². The summed E-state index contributed by atoms with van der Waals surface area (Å²) in [5, 5.41) is 7.66. The second-order valence-electron chi connectivity index (χ2n) is 6.50. The number of methoxy groups -OCH3 is 1. The van der Waals surface area contributed by atoms with Gasteiger partial charge in [0.15, 0.2) is 19.0 Å². The maximum atomic E-state index is 11.9. The summed E-state index contributed by atoms with van der Waals surface area (Å²) >= 11 is 5.51. The van der Waals surface area contributed by atoms with Gasteiger partial charge in [0.2, 0.25) is 4.77 Å². The molecule has 0 saturated heterocycles. The summed E-state index contributed by atoms with van der Waals surface area (Å²) in [4.78, 5) is 13.0. The molecule has 1 aliphatic carbocycles. The molecule has 1 atom stereocenters. The largest absolute Gasteiger partial charge is 0.496 e. The molecule has 1 heterocycles. The lowest BCUT2D eigenvalue weighted by Gasteiger charge is -2.13. The fraction of sp³-hybridized carbons (Fsp3) is 0.471. The molecule has 1 unspecified atom stereocenters. The van der Waals surface area contributed by atoms with Crippen molar-refractivity contribution in [1.29, 1.82) is 0 Å². The molecule has 1 amide bonds. The Morgan fingerprint density at radius 1 is 1.44 bits per heavy atom. The fourth-order valence-corrected chi connectivity index (χ4v) is 2.94. The van der Waals surface area contributed by atoms with Crippen molar-refractivity contribution in [3.8, 4) is 17.1 Å². The van der Waals surface area contributed by atoms with Crippen molar-refractivity contribution < 1.29 is 14.4 Å². The SMILES string of the molecule is COc1ccccc1-c1nn(C[NH+](C)CC(=O)NC2CC2)c(=S)n1C. The number of aromatic nitrogens is 3. The molecule has 1 aromatic carbocycles. The molecular weight excluding hydrogens is 338 g/mol. The smallest absolute Gasteiger partial charge is 0.275 e. The number of carbonyl (C=O) groups is 1. The molecule has 2 N–H and O–H groups in total. The van der Waals surface area contributed by atoms with Gasteiger partial charge in [-0.3, -0.25) is 4.79 Å². The van der Waals surface area contributed by atoms with Gasteiger partial charge >= 0.3 is 0 Å². The third-order valence-electron chi connectivity index (χ3n) is 4.21. The molecule has 0 aliphatic heterocycles. The first-order valence-corrected chi connectivity index (χ1v) is 8.78. The van der Waals surface area contributed by atoms with Gasteiger partial charge in [-0.2, -0.15) is 4.68 Å². The van der Waals surface area contributed by atoms with Gasteiger partial charge in [-0.15, -0.1) is 5.10 Å². The summed E-state index contributed by atoms with van der Waals surface area (Å²) < 4.78 is 9.67. The van der Waals surface area contributed by atoms with E-state index in [0.29, 0.717) is 24.0 Å². The van der Waals surface area contributed by atoms with Crippen molar-refractivity contribution in [3.05, 3.63) is 29.0 Å². The van der Waals surface area contributed by atoms with Crippen LogP contribution in [0.4, 0.5) is 0 Å². The number of benzene rings is 1. The Labute approximate surface area is 152 Å². The number of likely N-dealkylation sites (N-methyl/N-ethyl adjacent to an activating group) is 1. The standard InChI is InChI=1S/C17H23N5O2S/c1-20(10-15(23)18-12-8-9-12)11-22-17(25)21(2)16(19-22)13-6-4-5-7-14(13)24-3/h4-7,12H,8-11H2,1-3H3,(H,18,23)/p+1. The molecule has 134 valence electrons. The van der Waals surface area contributed by atoms with Crippen molar-refractivity contribution in [2.45, 2.75) is 25.6 Å². The second kappa shape index (κ2) is 7.37. The van der Waals surface area contributed by atoms with Gasteiger partial charge in [-0.1, -0.05) is 12.1 Å². The van der Waals surface area contributed by atoms with Crippen molar-refractivity contribution in [2.24, 2.45) is 7.05 Å². The molecule has 3 rings (SSSR count). The monoisotopic (exact) mass is 362 g/mol. The van der Waals surface area contributed by atoms with Crippen molar-refractivity contribution in [3.63, 3.8) is 0 Å². The summed E-state index contributed by atoms with van der Waals surface area (Å²) in [5.41, 5.74) is 0.890. The molecule has 1 aliphatic rings. The van der Waals surface area contributed by atoms with Crippen LogP contribution in [0.2, 0.25) is 0 Å². The minimum absolute atomic E-state index is 0.0763. The van der Waals surface area contributed by atoms with E-state index in [2.05, 4.69) is 10.4 Å². The number of nitrogens with zero attached hydrogens (tertiary/aromatic N) is 3. The first-order valence-electron chi connectivity index (χ1n) is 8.37. The molecule has 25 heavy (non-hydrogen) atoms. The average molecular weight is 362 g/mol. The molecular formula is C17H24N5O2S+. The lowest BCUT2D eigenvalue weighted by Crippen LogP contribution is -3.09. The van der Waals surface area contributed by atoms with Crippen LogP contribution in [0.15, 0.2) is 24.3 Å². The average Bonchev–Trinajstić information content (AvgIpc) is 3.36. The second-order valence-corrected chi connectivity index (χ2v) is 6.86. The highest BCUT2D eigenvalue weighted by Gasteiger charge is 2.24. The summed E-state index contributed by atoms with van der Waals surface area (Å²) in [6, 6.07) is 8.11. The maximum Gasteiger partial charge on any atom is 0.275 e. The number of hydrogen-bond donors (Lipinski definition) is 2. The number of hydrogen-bond acceptors (Lipinski definition) is 4. The van der Waals surface area contributed by atoms with Gasteiger partial charge in [0.1, 0.15) is 5.75 Å². The zero-order chi connectivity index (χ0) is 18.0. The Hall–Kier alpha value is -2.19. The van der Waals surface area contributed by atoms with Gasteiger partial charge < -0.3 is 19.5 Å². The predicted molar refractivity (Wildman–Crippen MR) is 96.9 cm³/mol. The molecule has 7 nitrogen and oxygen atoms in total. The van der Waals surface area contributed by atoms with E-state index in [9.17, 15) is 4.79 Å². The molecule has 0 radical (unpaired) electrons. The first kappa shape index (κ1) is 17.6. The Bertz CT molecular complexity index is 825. The van der Waals surface area contributed by atoms with Gasteiger partial charge in [0.05, 0.1) is 19.7 Å². The minimum atomic E-state index is 0.0763. The van der Waals surface area contributed by atoms with Crippen LogP contribution in [0.25, 0.3) is 11.4 Å². The van der Waals surface area contributed by atoms with Gasteiger partial charge in [-0.05, 0) is 37.2 Å². The maximum absolute atomic E-state index is 11.9. The summed E-state index contributed by atoms with van der Waals surface area (Å²) in [6.07, 6.45) is 2.19. The third-order valence-corrected chi connectivity index (χ3v) is 4.70. The zero-order valence-corrected chi connectivity index (χ0v) is 15.6. The molecule has 1 fully saturated rings. The minimum Gasteiger partial charge on any atom is -0.496 e. The molecule has 1 saturated carbocycles. The van der Waals surface area contributed by atoms with Crippen LogP contribution in [-0.4, -0.2) is 47.0 Å². The predicted octanol–water partition coefficient (Wildman–Crippen LogP) is 0.377. The van der Waals surface area contributed by atoms with Gasteiger partial charge in [-0.25, -0.2) is 0 Å². The quantitative estimate of drug-likeness (QED) is 0.699. The number of rotatable bonds is 7. The molecule has 0 spiro atoms. The highest BCUT2D eigenvalue weighted by molar-refractivity contribution is 7.71. The number of quaternary nitrogens is 1. The van der Waals surface area contributed by atoms with E-state index in [0.717, 1.165) is 34.9 Å². The molecule has 8 heteroatoms. The summed E-state index contributed by atoms with van der Waals surface area (Å²) in [5.74, 6) is 1.58. The van der Waals surface area contributed by atoms with E-state index in [1.807, 2.05) is 42.9 Å². The Morgan fingerprint density at radius 2 is 2.16 bits per heavy atom. The molecule has 1 aromatic heterocycles. The number of amides is 1. The third kappa shape index (κ3) is 4.08. The Balaban J connectivity index is 1.76. The Morgan fingerprint density at radius 3 is 2.84 bits per heavy atom. The van der Waals surface area contributed by atoms with Gasteiger partial charge in [0.25, 0.3) is 5.91 Å². The van der Waals surface area contributed by atoms with Crippen LogP contribution in [0.5, 0.6) is 5.75 Å². The van der Waals surface area contributed by atoms with E-state index in [4.69, 9.17) is 17.0 Å². The van der Waals surface area contributed by atoms with E-state index < -0.39 is 0 Å². The fourth-order valence-electron chi connectivity index (χ4n) is 2.75. The zero-order valence-electron chi connectivity index (χ0n) is 14.8. The molecule has 0 bridgehead atoms. The number of carbonyl (C=O) groups excluding carboxylic acids is 1. The molecule has 2 aromatic rings. The van der Waals surface area contributed by atoms with E-state index >= 15 is 0 Å². The van der Waals surface area contributed by atoms with Gasteiger partial charge in [0, 0.05) is 13.1 Å². The van der Waals surface area contributed by atoms with E-state index in [1.165, 1.54) is 0 Å². The number of nitrogens with one attached hydrogen (secondary N) is 2. The van der Waals surface area contributed by atoms with Crippen LogP contribution in [0, 0.1) is 4.77 Å². The van der Waals surface area contributed by atoms with Crippen molar-refractivity contribution in [2.75, 3.05) is 20.7 Å². The van der Waals surface area contributed by atoms with Crippen molar-refractivity contribution in [1.82, 2.24) is 19.7 Å². The number of ether oxygens (including phenoxy) is 1. The summed E-state index contributed by atoms with van der Waals surface area (Å²) in [7, 11) is 5.50. The lowest BCUT2D eigenvalue weighted by atomic mass is 10.2. The lowest BCUT2D eigenvalue weighted by molar-refractivity contribution is -0.895. The summed E-state index contributed by atoms with van der Waals surface area (Å²) in [6.45, 7) is 0.929. The van der Waals surface area contributed by atoms with E-state index in [-0.39, 0.29) is 5.91 Å². The van der Waals surface area contributed by atoms with Crippen LogP contribution < -0.4 is 15.0 Å². The number of para-hydroxylation sites is 1. The van der Waals surface area contributed by atoms with Crippen LogP contribution >= 0.6 is 12.2 Å². The highest BCUT2D eigenvalue weighted by Crippen LogP contribution is 2.27.